The van der Waals surface area contributed by atoms with E-state index in [0.29, 0.717) is 0 Å². The number of furan rings is 1. The van der Waals surface area contributed by atoms with Crippen LogP contribution in [0.1, 0.15) is 0 Å². The number of hydrogen-bond acceptors (Lipinski definition) is 3. The number of hydrogen-bond donors (Lipinski definition) is 0. The van der Waals surface area contributed by atoms with Gasteiger partial charge in [0.1, 0.15) is 11.2 Å². The van der Waals surface area contributed by atoms with E-state index in [4.69, 9.17) is 4.42 Å². The molecule has 0 unspecified atom stereocenters. The molecule has 2 aromatic heterocycles. The molecule has 10 rings (SSSR count). The molecule has 0 aliphatic heterocycles. The van der Waals surface area contributed by atoms with Crippen LogP contribution in [0.4, 0.5) is 17.1 Å². The van der Waals surface area contributed by atoms with Gasteiger partial charge in [0.05, 0.1) is 5.69 Å². The first-order valence-corrected chi connectivity index (χ1v) is 17.4. The van der Waals surface area contributed by atoms with E-state index >= 15 is 0 Å². The van der Waals surface area contributed by atoms with Crippen LogP contribution in [-0.4, -0.2) is 0 Å². The summed E-state index contributed by atoms with van der Waals surface area (Å²) in [6.45, 7) is 0. The maximum Gasteiger partial charge on any atom is 0.137 e. The van der Waals surface area contributed by atoms with Crippen LogP contribution in [0.5, 0.6) is 0 Å². The molecule has 0 fully saturated rings. The van der Waals surface area contributed by atoms with Crippen molar-refractivity contribution >= 4 is 81.3 Å². The van der Waals surface area contributed by atoms with Crippen LogP contribution in [0.2, 0.25) is 0 Å². The largest absolute Gasteiger partial charge is 0.456 e. The standard InChI is InChI=1S/C46H29NOS/c1-2-15-35-30(11-1)12-10-19-36(35)31-13-9-14-32(27-31)37-16-3-6-20-42(37)47(33-23-25-39-38-17-4-7-21-43(38)48-44(39)28-33)34-24-26-41-40-18-5-8-22-45(40)49-46(41)29-34/h1-29H. The fraction of sp³-hybridized carbons (Fsp3) is 0. The minimum Gasteiger partial charge on any atom is -0.456 e. The third kappa shape index (κ3) is 4.62. The van der Waals surface area contributed by atoms with Crippen molar-refractivity contribution in [3.8, 4) is 22.3 Å². The average Bonchev–Trinajstić information content (AvgIpc) is 3.72. The van der Waals surface area contributed by atoms with E-state index in [9.17, 15) is 0 Å². The lowest BCUT2D eigenvalue weighted by atomic mass is 9.94. The summed E-state index contributed by atoms with van der Waals surface area (Å²) in [7, 11) is 0. The average molecular weight is 644 g/mol. The number of para-hydroxylation sites is 2. The van der Waals surface area contributed by atoms with Gasteiger partial charge in [-0.3, -0.25) is 0 Å². The normalized spacial score (nSPS) is 11.7. The summed E-state index contributed by atoms with van der Waals surface area (Å²) in [5.74, 6) is 0. The fourth-order valence-corrected chi connectivity index (χ4v) is 8.52. The summed E-state index contributed by atoms with van der Waals surface area (Å²) in [5.41, 5.74) is 9.79. The molecule has 0 aliphatic rings. The first-order valence-electron chi connectivity index (χ1n) is 16.6. The molecule has 230 valence electrons. The number of nitrogens with zero attached hydrogens (tertiary/aromatic N) is 1. The molecular formula is C46H29NOS. The quantitative estimate of drug-likeness (QED) is 0.186. The Morgan fingerprint density at radius 2 is 1.00 bits per heavy atom. The van der Waals surface area contributed by atoms with E-state index < -0.39 is 0 Å². The highest BCUT2D eigenvalue weighted by Gasteiger charge is 2.20. The van der Waals surface area contributed by atoms with E-state index in [1.807, 2.05) is 23.5 Å². The van der Waals surface area contributed by atoms with Crippen molar-refractivity contribution in [2.75, 3.05) is 4.90 Å². The Morgan fingerprint density at radius 1 is 0.388 bits per heavy atom. The molecule has 0 aliphatic carbocycles. The van der Waals surface area contributed by atoms with Crippen molar-refractivity contribution in [2.45, 2.75) is 0 Å². The van der Waals surface area contributed by atoms with E-state index in [2.05, 4.69) is 169 Å². The van der Waals surface area contributed by atoms with E-state index in [1.54, 1.807) is 0 Å². The topological polar surface area (TPSA) is 16.4 Å². The van der Waals surface area contributed by atoms with Crippen molar-refractivity contribution in [1.29, 1.82) is 0 Å². The SMILES string of the molecule is c1cc(-c2ccccc2N(c2ccc3c(c2)oc2ccccc23)c2ccc3c(c2)sc2ccccc23)cc(-c2cccc3ccccc23)c1. The molecule has 2 nitrogen and oxygen atoms in total. The van der Waals surface area contributed by atoms with E-state index in [-0.39, 0.29) is 0 Å². The van der Waals surface area contributed by atoms with Gasteiger partial charge in [-0.15, -0.1) is 11.3 Å². The smallest absolute Gasteiger partial charge is 0.137 e. The van der Waals surface area contributed by atoms with Crippen LogP contribution in [0.15, 0.2) is 180 Å². The number of rotatable bonds is 5. The summed E-state index contributed by atoms with van der Waals surface area (Å²) in [6, 6.07) is 63.3. The molecule has 0 N–H and O–H groups in total. The second-order valence-electron chi connectivity index (χ2n) is 12.5. The van der Waals surface area contributed by atoms with Crippen LogP contribution < -0.4 is 4.90 Å². The lowest BCUT2D eigenvalue weighted by Crippen LogP contribution is -2.11. The van der Waals surface area contributed by atoms with Crippen molar-refractivity contribution in [3.63, 3.8) is 0 Å². The maximum absolute atomic E-state index is 6.42. The van der Waals surface area contributed by atoms with Gasteiger partial charge >= 0.3 is 0 Å². The van der Waals surface area contributed by atoms with Crippen molar-refractivity contribution in [3.05, 3.63) is 176 Å². The van der Waals surface area contributed by atoms with Gasteiger partial charge in [-0.05, 0) is 76.0 Å². The number of fused-ring (bicyclic) bond motifs is 7. The third-order valence-electron chi connectivity index (χ3n) is 9.66. The third-order valence-corrected chi connectivity index (χ3v) is 10.8. The molecule has 49 heavy (non-hydrogen) atoms. The molecule has 2 heterocycles. The Morgan fingerprint density at radius 3 is 1.92 bits per heavy atom. The Bertz CT molecular complexity index is 2740. The van der Waals surface area contributed by atoms with Gasteiger partial charge in [-0.25, -0.2) is 0 Å². The Kier molecular flexibility index (Phi) is 6.39. The molecule has 0 amide bonds. The summed E-state index contributed by atoms with van der Waals surface area (Å²) in [6.07, 6.45) is 0. The molecule has 10 aromatic rings. The Hall–Kier alpha value is -6.16. The summed E-state index contributed by atoms with van der Waals surface area (Å²) in [5, 5.41) is 7.34. The van der Waals surface area contributed by atoms with Gasteiger partial charge < -0.3 is 9.32 Å². The van der Waals surface area contributed by atoms with Gasteiger partial charge in [-0.1, -0.05) is 121 Å². The Labute approximate surface area is 287 Å². The molecule has 0 spiro atoms. The second kappa shape index (κ2) is 11.2. The molecule has 0 atom stereocenters. The van der Waals surface area contributed by atoms with Gasteiger partial charge in [0.25, 0.3) is 0 Å². The monoisotopic (exact) mass is 643 g/mol. The number of benzene rings is 8. The highest BCUT2D eigenvalue weighted by Crippen LogP contribution is 2.45. The zero-order valence-electron chi connectivity index (χ0n) is 26.5. The predicted octanol–water partition coefficient (Wildman–Crippen LogP) is 13.9. The van der Waals surface area contributed by atoms with Gasteiger partial charge in [0, 0.05) is 53.9 Å². The van der Waals surface area contributed by atoms with Gasteiger partial charge in [-0.2, -0.15) is 0 Å². The van der Waals surface area contributed by atoms with E-state index in [0.717, 1.165) is 44.6 Å². The highest BCUT2D eigenvalue weighted by molar-refractivity contribution is 7.25. The second-order valence-corrected chi connectivity index (χ2v) is 13.6. The molecule has 0 radical (unpaired) electrons. The minimum absolute atomic E-state index is 0.877. The minimum atomic E-state index is 0.877. The molecule has 0 saturated carbocycles. The maximum atomic E-state index is 6.42. The molecular weight excluding hydrogens is 615 g/mol. The lowest BCUT2D eigenvalue weighted by molar-refractivity contribution is 0.669. The fourth-order valence-electron chi connectivity index (χ4n) is 7.38. The van der Waals surface area contributed by atoms with Crippen LogP contribution in [-0.2, 0) is 0 Å². The summed E-state index contributed by atoms with van der Waals surface area (Å²) in [4.78, 5) is 2.39. The predicted molar refractivity (Wildman–Crippen MR) is 210 cm³/mol. The molecule has 0 saturated heterocycles. The molecule has 0 bridgehead atoms. The number of anilines is 3. The van der Waals surface area contributed by atoms with Crippen LogP contribution in [0.3, 0.4) is 0 Å². The first kappa shape index (κ1) is 27.9. The van der Waals surface area contributed by atoms with Crippen LogP contribution in [0, 0.1) is 0 Å². The van der Waals surface area contributed by atoms with Crippen molar-refractivity contribution in [2.24, 2.45) is 0 Å². The summed E-state index contributed by atoms with van der Waals surface area (Å²) >= 11 is 1.84. The van der Waals surface area contributed by atoms with Crippen LogP contribution >= 0.6 is 11.3 Å². The van der Waals surface area contributed by atoms with Crippen LogP contribution in [0.25, 0.3) is 75.1 Å². The zero-order valence-corrected chi connectivity index (χ0v) is 27.3. The summed E-state index contributed by atoms with van der Waals surface area (Å²) < 4.78 is 8.98. The number of thiophene rings is 1. The first-order chi connectivity index (χ1) is 24.3. The molecule has 3 heteroatoms. The van der Waals surface area contributed by atoms with Gasteiger partial charge in [0.2, 0.25) is 0 Å². The zero-order chi connectivity index (χ0) is 32.3. The molecule has 8 aromatic carbocycles. The highest BCUT2D eigenvalue weighted by atomic mass is 32.1. The van der Waals surface area contributed by atoms with E-state index in [1.165, 1.54) is 47.6 Å². The Balaban J connectivity index is 1.18. The lowest BCUT2D eigenvalue weighted by Gasteiger charge is -2.28. The van der Waals surface area contributed by atoms with Crippen molar-refractivity contribution in [1.82, 2.24) is 0 Å². The van der Waals surface area contributed by atoms with Crippen molar-refractivity contribution < 1.29 is 4.42 Å². The van der Waals surface area contributed by atoms with Gasteiger partial charge in [0.15, 0.2) is 0 Å².